The summed E-state index contributed by atoms with van der Waals surface area (Å²) in [5.41, 5.74) is 7.91. The molecule has 0 radical (unpaired) electrons. The summed E-state index contributed by atoms with van der Waals surface area (Å²) in [5, 5.41) is 9.81. The van der Waals surface area contributed by atoms with Crippen molar-refractivity contribution in [3.05, 3.63) is 72.6 Å². The van der Waals surface area contributed by atoms with E-state index < -0.39 is 11.8 Å². The molecule has 0 aromatic carbocycles. The highest BCUT2D eigenvalue weighted by Gasteiger charge is 2.24. The number of carbonyl (C=O) groups is 2. The molecule has 4 N–H and O–H groups in total. The van der Waals surface area contributed by atoms with Crippen molar-refractivity contribution >= 4 is 34.2 Å². The summed E-state index contributed by atoms with van der Waals surface area (Å²) in [4.78, 5) is 39.6. The van der Waals surface area contributed by atoms with E-state index in [-0.39, 0.29) is 18.9 Å². The molecule has 10 nitrogen and oxygen atoms in total. The average Bonchev–Trinajstić information content (AvgIpc) is 3.27. The highest BCUT2D eigenvalue weighted by molar-refractivity contribution is 6.40. The zero-order chi connectivity index (χ0) is 20.9. The second-order valence-electron chi connectivity index (χ2n) is 6.47. The second-order valence-corrected chi connectivity index (χ2v) is 6.47. The van der Waals surface area contributed by atoms with Gasteiger partial charge in [-0.05, 0) is 24.3 Å². The Bertz CT molecular complexity index is 1140. The number of hydrogen-bond acceptors (Lipinski definition) is 7. The van der Waals surface area contributed by atoms with Gasteiger partial charge in [0, 0.05) is 12.4 Å². The molecule has 10 heteroatoms. The van der Waals surface area contributed by atoms with E-state index in [1.165, 1.54) is 17.3 Å². The summed E-state index contributed by atoms with van der Waals surface area (Å²) in [6.45, 7) is 0.312. The third kappa shape index (κ3) is 4.07. The predicted molar refractivity (Wildman–Crippen MR) is 110 cm³/mol. The molecular weight excluding hydrogens is 384 g/mol. The van der Waals surface area contributed by atoms with Gasteiger partial charge in [-0.15, -0.1) is 0 Å². The Hall–Kier alpha value is -4.34. The number of aromatic nitrogens is 5. The lowest BCUT2D eigenvalue weighted by atomic mass is 10.2. The molecule has 30 heavy (non-hydrogen) atoms. The molecule has 0 unspecified atom stereocenters. The van der Waals surface area contributed by atoms with Crippen molar-refractivity contribution in [2.24, 2.45) is 0 Å². The maximum absolute atomic E-state index is 13.0. The number of pyridine rings is 3. The van der Waals surface area contributed by atoms with Crippen molar-refractivity contribution in [3.63, 3.8) is 0 Å². The zero-order valence-electron chi connectivity index (χ0n) is 15.8. The van der Waals surface area contributed by atoms with Gasteiger partial charge >= 0.3 is 11.8 Å². The molecule has 0 aliphatic heterocycles. The van der Waals surface area contributed by atoms with Gasteiger partial charge in [-0.1, -0.05) is 12.1 Å². The highest BCUT2D eigenvalue weighted by atomic mass is 16.2. The van der Waals surface area contributed by atoms with E-state index in [0.717, 1.165) is 0 Å². The van der Waals surface area contributed by atoms with Crippen LogP contribution in [-0.2, 0) is 22.7 Å². The van der Waals surface area contributed by atoms with Crippen LogP contribution in [0.3, 0.4) is 0 Å². The van der Waals surface area contributed by atoms with Gasteiger partial charge in [0.2, 0.25) is 0 Å². The fourth-order valence-corrected chi connectivity index (χ4v) is 2.94. The Labute approximate surface area is 171 Å². The fourth-order valence-electron chi connectivity index (χ4n) is 2.94. The van der Waals surface area contributed by atoms with Gasteiger partial charge in [-0.2, -0.15) is 5.10 Å². The van der Waals surface area contributed by atoms with Crippen LogP contribution in [-0.4, -0.2) is 41.9 Å². The molecule has 0 fully saturated rings. The van der Waals surface area contributed by atoms with Crippen molar-refractivity contribution in [2.75, 3.05) is 11.1 Å². The summed E-state index contributed by atoms with van der Waals surface area (Å²) in [7, 11) is 0. The molecule has 4 rings (SSSR count). The van der Waals surface area contributed by atoms with Gasteiger partial charge < -0.3 is 16.0 Å². The van der Waals surface area contributed by atoms with Crippen molar-refractivity contribution in [1.82, 2.24) is 30.0 Å². The van der Waals surface area contributed by atoms with Crippen LogP contribution < -0.4 is 11.1 Å². The minimum atomic E-state index is -0.815. The average molecular weight is 402 g/mol. The summed E-state index contributed by atoms with van der Waals surface area (Å²) >= 11 is 0. The van der Waals surface area contributed by atoms with Crippen LogP contribution in [0.15, 0.2) is 61.2 Å². The smallest absolute Gasteiger partial charge is 0.314 e. The maximum atomic E-state index is 13.0. The minimum Gasteiger partial charge on any atom is -0.383 e. The molecule has 0 spiro atoms. The standard InChI is InChI=1S/C20H18N8O2/c21-18-15-9-25-27-17(15)16(10-24-18)26-19(29)20(30)28(11-13-5-1-3-7-22-13)12-14-6-2-4-8-23-14/h1-10H,11-12H2,(H2,21,24)(H,25,27)(H,26,29). The largest absolute Gasteiger partial charge is 0.383 e. The van der Waals surface area contributed by atoms with Crippen LogP contribution in [0.1, 0.15) is 11.4 Å². The number of hydrogen-bond donors (Lipinski definition) is 3. The molecule has 4 heterocycles. The van der Waals surface area contributed by atoms with Crippen LogP contribution in [0.4, 0.5) is 11.5 Å². The van der Waals surface area contributed by atoms with Crippen LogP contribution >= 0.6 is 0 Å². The number of nitrogen functional groups attached to an aromatic ring is 1. The lowest BCUT2D eigenvalue weighted by Gasteiger charge is -2.21. The first-order valence-corrected chi connectivity index (χ1v) is 9.09. The Balaban J connectivity index is 1.57. The number of nitrogens with two attached hydrogens (primary N) is 1. The Morgan fingerprint density at radius 3 is 2.23 bits per heavy atom. The van der Waals surface area contributed by atoms with Gasteiger partial charge in [-0.25, -0.2) is 4.98 Å². The molecular formula is C20H18N8O2. The summed E-state index contributed by atoms with van der Waals surface area (Å²) in [6, 6.07) is 10.8. The lowest BCUT2D eigenvalue weighted by Crippen LogP contribution is -2.39. The first-order chi connectivity index (χ1) is 14.6. The summed E-state index contributed by atoms with van der Waals surface area (Å²) in [6.07, 6.45) is 6.15. The molecule has 0 aliphatic carbocycles. The van der Waals surface area contributed by atoms with E-state index in [0.29, 0.717) is 28.0 Å². The molecule has 0 aliphatic rings. The third-order valence-corrected chi connectivity index (χ3v) is 4.41. The van der Waals surface area contributed by atoms with Crippen LogP contribution in [0, 0.1) is 0 Å². The number of amides is 2. The Morgan fingerprint density at radius 2 is 1.63 bits per heavy atom. The number of nitrogens with zero attached hydrogens (tertiary/aromatic N) is 5. The van der Waals surface area contributed by atoms with E-state index in [1.807, 2.05) is 12.1 Å². The van der Waals surface area contributed by atoms with E-state index in [2.05, 4.69) is 30.5 Å². The SMILES string of the molecule is Nc1ncc(NC(=O)C(=O)N(Cc2ccccn2)Cc2ccccn2)c2[nH]ncc12. The number of aromatic amines is 1. The van der Waals surface area contributed by atoms with E-state index in [1.54, 1.807) is 36.7 Å². The molecule has 0 saturated carbocycles. The molecule has 0 saturated heterocycles. The summed E-state index contributed by atoms with van der Waals surface area (Å²) < 4.78 is 0. The maximum Gasteiger partial charge on any atom is 0.314 e. The van der Waals surface area contributed by atoms with Gasteiger partial charge in [0.1, 0.15) is 5.82 Å². The van der Waals surface area contributed by atoms with Crippen molar-refractivity contribution in [3.8, 4) is 0 Å². The Morgan fingerprint density at radius 1 is 0.967 bits per heavy atom. The first kappa shape index (κ1) is 19.0. The van der Waals surface area contributed by atoms with Crippen molar-refractivity contribution in [2.45, 2.75) is 13.1 Å². The Kier molecular flexibility index (Phi) is 5.29. The van der Waals surface area contributed by atoms with E-state index in [4.69, 9.17) is 5.73 Å². The lowest BCUT2D eigenvalue weighted by molar-refractivity contribution is -0.144. The monoisotopic (exact) mass is 402 g/mol. The van der Waals surface area contributed by atoms with Crippen LogP contribution in [0.25, 0.3) is 10.9 Å². The topological polar surface area (TPSA) is 143 Å². The van der Waals surface area contributed by atoms with Crippen LogP contribution in [0.2, 0.25) is 0 Å². The van der Waals surface area contributed by atoms with Crippen molar-refractivity contribution < 1.29 is 9.59 Å². The first-order valence-electron chi connectivity index (χ1n) is 9.09. The quantitative estimate of drug-likeness (QED) is 0.429. The molecule has 4 aromatic heterocycles. The van der Waals surface area contributed by atoms with Gasteiger partial charge in [0.05, 0.1) is 53.5 Å². The molecule has 150 valence electrons. The molecule has 2 amide bonds. The number of H-pyrrole nitrogens is 1. The van der Waals surface area contributed by atoms with Gasteiger partial charge in [0.15, 0.2) is 0 Å². The van der Waals surface area contributed by atoms with Crippen molar-refractivity contribution in [1.29, 1.82) is 0 Å². The third-order valence-electron chi connectivity index (χ3n) is 4.41. The number of fused-ring (bicyclic) bond motifs is 1. The number of rotatable bonds is 5. The van der Waals surface area contributed by atoms with E-state index in [9.17, 15) is 9.59 Å². The summed E-state index contributed by atoms with van der Waals surface area (Å²) in [5.74, 6) is -1.27. The molecule has 0 bridgehead atoms. The van der Waals surface area contributed by atoms with E-state index >= 15 is 0 Å². The normalized spacial score (nSPS) is 10.7. The van der Waals surface area contributed by atoms with Crippen LogP contribution in [0.5, 0.6) is 0 Å². The van der Waals surface area contributed by atoms with Gasteiger partial charge in [0.25, 0.3) is 0 Å². The number of anilines is 2. The molecule has 4 aromatic rings. The number of carbonyl (C=O) groups excluding carboxylic acids is 2. The fraction of sp³-hybridized carbons (Fsp3) is 0.100. The highest BCUT2D eigenvalue weighted by Crippen LogP contribution is 2.24. The minimum absolute atomic E-state index is 0.156. The zero-order valence-corrected chi connectivity index (χ0v) is 15.8. The van der Waals surface area contributed by atoms with Gasteiger partial charge in [-0.3, -0.25) is 24.7 Å². The molecule has 0 atom stereocenters. The number of nitrogens with one attached hydrogen (secondary N) is 2. The second kappa shape index (κ2) is 8.35. The predicted octanol–water partition coefficient (Wildman–Crippen LogP) is 1.50.